The second-order valence-corrected chi connectivity index (χ2v) is 15.9. The molecule has 6 aromatic rings. The maximum absolute atomic E-state index is 3.81. The summed E-state index contributed by atoms with van der Waals surface area (Å²) in [5, 5.41) is 0. The molecule has 0 saturated heterocycles. The molecule has 0 nitrogen and oxygen atoms in total. The van der Waals surface area contributed by atoms with Gasteiger partial charge in [-0.3, -0.25) is 0 Å². The SMILES string of the molecule is C=C.C=C.C=C=C/C(C1=C(C)CCC=C1)=C(/C)C=C.CC.Cc1ccc2c(c1)C1(C(c3ccccc3C)=C2)c2ccccc2-c2ccc(C)cc21.Cc1ccccc1.Cc1ccccc1. The van der Waals surface area contributed by atoms with E-state index in [0.717, 1.165) is 12.8 Å². The first-order chi connectivity index (χ1) is 31.6. The highest BCUT2D eigenvalue weighted by atomic mass is 14.5. The molecule has 6 aromatic carbocycles. The minimum absolute atomic E-state index is 0.259. The lowest BCUT2D eigenvalue weighted by Gasteiger charge is -2.34. The molecule has 332 valence electrons. The van der Waals surface area contributed by atoms with Gasteiger partial charge in [-0.1, -0.05) is 219 Å². The molecule has 0 aromatic heterocycles. The molecule has 0 radical (unpaired) electrons. The van der Waals surface area contributed by atoms with Crippen molar-refractivity contribution in [3.05, 3.63) is 293 Å². The van der Waals surface area contributed by atoms with Crippen LogP contribution in [-0.4, -0.2) is 0 Å². The van der Waals surface area contributed by atoms with E-state index in [1.807, 2.05) is 62.4 Å². The van der Waals surface area contributed by atoms with E-state index in [2.05, 4.69) is 221 Å². The largest absolute Gasteiger partial charge is 0.128 e. The van der Waals surface area contributed by atoms with E-state index in [0.29, 0.717) is 0 Å². The Hall–Kier alpha value is -6.98. The van der Waals surface area contributed by atoms with Crippen molar-refractivity contribution in [2.24, 2.45) is 0 Å². The second kappa shape index (κ2) is 26.6. The molecule has 9 rings (SSSR count). The zero-order valence-electron chi connectivity index (χ0n) is 40.9. The summed E-state index contributed by atoms with van der Waals surface area (Å²) < 4.78 is 0. The first kappa shape index (κ1) is 52.4. The molecule has 1 spiro atoms. The van der Waals surface area contributed by atoms with Crippen LogP contribution in [0.3, 0.4) is 0 Å². The van der Waals surface area contributed by atoms with Crippen LogP contribution < -0.4 is 0 Å². The van der Waals surface area contributed by atoms with Gasteiger partial charge in [0.2, 0.25) is 0 Å². The molecule has 3 aliphatic rings. The molecule has 0 aliphatic heterocycles. The highest BCUT2D eigenvalue weighted by Crippen LogP contribution is 2.62. The smallest absolute Gasteiger partial charge is 0.0725 e. The Morgan fingerprint density at radius 2 is 1.08 bits per heavy atom. The zero-order valence-corrected chi connectivity index (χ0v) is 40.9. The summed E-state index contributed by atoms with van der Waals surface area (Å²) in [5.41, 5.74) is 25.3. The third-order valence-electron chi connectivity index (χ3n) is 11.5. The minimum Gasteiger partial charge on any atom is -0.128 e. The lowest BCUT2D eigenvalue weighted by atomic mass is 9.67. The van der Waals surface area contributed by atoms with E-state index >= 15 is 0 Å². The Kier molecular flexibility index (Phi) is 21.4. The third kappa shape index (κ3) is 12.6. The van der Waals surface area contributed by atoms with E-state index in [-0.39, 0.29) is 5.41 Å². The average Bonchev–Trinajstić information content (AvgIpc) is 3.83. The molecule has 0 heteroatoms. The van der Waals surface area contributed by atoms with Gasteiger partial charge in [0.25, 0.3) is 0 Å². The number of allylic oxidation sites excluding steroid dienone is 9. The fourth-order valence-corrected chi connectivity index (χ4v) is 8.44. The monoisotopic (exact) mass is 853 g/mol. The third-order valence-corrected chi connectivity index (χ3v) is 11.5. The van der Waals surface area contributed by atoms with Crippen molar-refractivity contribution in [3.63, 3.8) is 0 Å². The number of hydrogen-bond donors (Lipinski definition) is 0. The lowest BCUT2D eigenvalue weighted by molar-refractivity contribution is 0.838. The molecule has 1 unspecified atom stereocenters. The van der Waals surface area contributed by atoms with Crippen LogP contribution in [0.2, 0.25) is 0 Å². The van der Waals surface area contributed by atoms with Crippen LogP contribution in [-0.2, 0) is 5.41 Å². The molecule has 3 aliphatic carbocycles. The Morgan fingerprint density at radius 3 is 1.60 bits per heavy atom. The van der Waals surface area contributed by atoms with Crippen molar-refractivity contribution < 1.29 is 0 Å². The molecule has 0 bridgehead atoms. The van der Waals surface area contributed by atoms with Gasteiger partial charge in [0.1, 0.15) is 0 Å². The first-order valence-electron chi connectivity index (χ1n) is 22.8. The second-order valence-electron chi connectivity index (χ2n) is 15.9. The van der Waals surface area contributed by atoms with Crippen LogP contribution in [0.15, 0.2) is 237 Å². The van der Waals surface area contributed by atoms with Crippen molar-refractivity contribution >= 4 is 11.6 Å². The highest BCUT2D eigenvalue weighted by Gasteiger charge is 2.51. The summed E-state index contributed by atoms with van der Waals surface area (Å²) in [6, 6.07) is 52.3. The van der Waals surface area contributed by atoms with Gasteiger partial charge in [-0.2, -0.15) is 0 Å². The fraction of sp³-hybridized carbons (Fsp3) is 0.185. The molecule has 0 heterocycles. The van der Waals surface area contributed by atoms with Gasteiger partial charge in [0, 0.05) is 0 Å². The molecule has 1 atom stereocenters. The van der Waals surface area contributed by atoms with Crippen LogP contribution in [0.1, 0.15) is 96.2 Å². The Balaban J connectivity index is 0.000000266. The number of aryl methyl sites for hydroxylation is 5. The number of rotatable bonds is 4. The van der Waals surface area contributed by atoms with Crippen LogP contribution in [0.5, 0.6) is 0 Å². The van der Waals surface area contributed by atoms with E-state index in [1.54, 1.807) is 0 Å². The van der Waals surface area contributed by atoms with Crippen LogP contribution in [0.25, 0.3) is 22.8 Å². The molecule has 0 N–H and O–H groups in total. The standard InChI is InChI=1S/C30H24.C15H18.2C7H8.C2H6.2C2H4/c1-19-12-14-22-18-29(23-9-5-4-8-21(23)3)30(27(22)16-19)26-11-7-6-10-24(26)25-15-13-20(2)17-28(25)30;1-5-9-14(12(3)6-2)15-11-8-7-10-13(15)4;2*1-7-5-3-2-4-6-7;3*1-2/h4-18H,1-3H3;6,8-9,11H,1-2,7,10H2,3-4H3;2*2-6H,1H3;1-2H3;2*1-2H2/b;14-12+;;;;;. The van der Waals surface area contributed by atoms with Gasteiger partial charge < -0.3 is 0 Å². The predicted molar refractivity (Wildman–Crippen MR) is 291 cm³/mol. The minimum atomic E-state index is -0.259. The van der Waals surface area contributed by atoms with Gasteiger partial charge >= 0.3 is 0 Å². The van der Waals surface area contributed by atoms with E-state index in [9.17, 15) is 0 Å². The number of fused-ring (bicyclic) bond motifs is 7. The number of benzene rings is 6. The van der Waals surface area contributed by atoms with Crippen molar-refractivity contribution in [2.75, 3.05) is 0 Å². The zero-order chi connectivity index (χ0) is 47.9. The van der Waals surface area contributed by atoms with Gasteiger partial charge in [0.15, 0.2) is 0 Å². The average molecular weight is 853 g/mol. The fourth-order valence-electron chi connectivity index (χ4n) is 8.44. The molecule has 65 heavy (non-hydrogen) atoms. The molecular weight excluding hydrogens is 781 g/mol. The van der Waals surface area contributed by atoms with Crippen LogP contribution in [0.4, 0.5) is 0 Å². The molecule has 0 amide bonds. The van der Waals surface area contributed by atoms with Crippen molar-refractivity contribution in [1.29, 1.82) is 0 Å². The Bertz CT molecular complexity index is 2610. The van der Waals surface area contributed by atoms with Crippen LogP contribution in [0, 0.1) is 34.6 Å². The van der Waals surface area contributed by atoms with Gasteiger partial charge in [-0.05, 0) is 140 Å². The quantitative estimate of drug-likeness (QED) is 0.0942. The normalized spacial score (nSPS) is 14.4. The maximum Gasteiger partial charge on any atom is 0.0725 e. The van der Waals surface area contributed by atoms with E-state index in [1.165, 1.54) is 94.6 Å². The van der Waals surface area contributed by atoms with E-state index in [4.69, 9.17) is 0 Å². The van der Waals surface area contributed by atoms with Crippen molar-refractivity contribution in [1.82, 2.24) is 0 Å². The lowest BCUT2D eigenvalue weighted by Crippen LogP contribution is -2.27. The van der Waals surface area contributed by atoms with Crippen LogP contribution >= 0.6 is 0 Å². The summed E-state index contributed by atoms with van der Waals surface area (Å²) in [5.74, 6) is 0. The summed E-state index contributed by atoms with van der Waals surface area (Å²) in [6.45, 7) is 38.5. The summed E-state index contributed by atoms with van der Waals surface area (Å²) >= 11 is 0. The highest BCUT2D eigenvalue weighted by molar-refractivity contribution is 6.05. The van der Waals surface area contributed by atoms with Gasteiger partial charge in [-0.25, -0.2) is 0 Å². The van der Waals surface area contributed by atoms with Gasteiger partial charge in [0.05, 0.1) is 5.41 Å². The number of hydrogen-bond acceptors (Lipinski definition) is 0. The first-order valence-corrected chi connectivity index (χ1v) is 22.8. The molecule has 0 saturated carbocycles. The predicted octanol–water partition coefficient (Wildman–Crippen LogP) is 18.6. The Labute approximate surface area is 394 Å². The maximum atomic E-state index is 3.81. The summed E-state index contributed by atoms with van der Waals surface area (Å²) in [4.78, 5) is 0. The molecular formula is C65H72. The van der Waals surface area contributed by atoms with E-state index < -0.39 is 0 Å². The summed E-state index contributed by atoms with van der Waals surface area (Å²) in [6.07, 6.45) is 13.0. The van der Waals surface area contributed by atoms with Gasteiger partial charge in [-0.15, -0.1) is 32.0 Å². The molecule has 0 fully saturated rings. The summed E-state index contributed by atoms with van der Waals surface area (Å²) in [7, 11) is 0. The van der Waals surface area contributed by atoms with Crippen molar-refractivity contribution in [2.45, 2.75) is 80.6 Å². The Morgan fingerprint density at radius 1 is 0.569 bits per heavy atom. The van der Waals surface area contributed by atoms with Crippen molar-refractivity contribution in [3.8, 4) is 11.1 Å². The topological polar surface area (TPSA) is 0 Å².